The summed E-state index contributed by atoms with van der Waals surface area (Å²) in [4.78, 5) is 36.2. The van der Waals surface area contributed by atoms with Gasteiger partial charge in [0.05, 0.1) is 25.2 Å². The molecule has 1 unspecified atom stereocenters. The first-order valence-electron chi connectivity index (χ1n) is 7.44. The third-order valence-corrected chi connectivity index (χ3v) is 3.80. The maximum absolute atomic E-state index is 12.6. The summed E-state index contributed by atoms with van der Waals surface area (Å²) in [5, 5.41) is 0. The number of carbonyl (C=O) groups excluding carboxylic acids is 1. The second-order valence-corrected chi connectivity index (χ2v) is 5.57. The smallest absolute Gasteiger partial charge is 0.291 e. The summed E-state index contributed by atoms with van der Waals surface area (Å²) in [7, 11) is 0. The molecular weight excluding hydrogens is 300 g/mol. The molecule has 0 spiro atoms. The van der Waals surface area contributed by atoms with Crippen molar-refractivity contribution < 1.29 is 13.9 Å². The highest BCUT2D eigenvalue weighted by Crippen LogP contribution is 2.16. The number of hydrogen-bond donors (Lipinski definition) is 1. The van der Waals surface area contributed by atoms with Gasteiger partial charge in [-0.3, -0.25) is 9.59 Å². The normalized spacial score (nSPS) is 18.7. The van der Waals surface area contributed by atoms with Crippen molar-refractivity contribution >= 4 is 5.91 Å². The zero-order valence-electron chi connectivity index (χ0n) is 12.8. The van der Waals surface area contributed by atoms with Crippen LogP contribution in [0.15, 0.2) is 28.0 Å². The van der Waals surface area contributed by atoms with Gasteiger partial charge in [0.25, 0.3) is 11.5 Å². The summed E-state index contributed by atoms with van der Waals surface area (Å²) in [6.45, 7) is 3.75. The van der Waals surface area contributed by atoms with E-state index in [-0.39, 0.29) is 23.1 Å². The number of H-pyrrole nitrogens is 1. The molecule has 1 N–H and O–H groups in total. The van der Waals surface area contributed by atoms with Gasteiger partial charge in [-0.25, -0.2) is 9.97 Å². The topological polar surface area (TPSA) is 101 Å². The molecule has 0 bridgehead atoms. The molecule has 8 heteroatoms. The second kappa shape index (κ2) is 6.74. The Morgan fingerprint density at radius 3 is 3.09 bits per heavy atom. The quantitative estimate of drug-likeness (QED) is 0.879. The first-order chi connectivity index (χ1) is 11.1. The van der Waals surface area contributed by atoms with Crippen molar-refractivity contribution in [1.82, 2.24) is 19.9 Å². The Morgan fingerprint density at radius 1 is 1.48 bits per heavy atom. The Kier molecular flexibility index (Phi) is 4.52. The molecule has 0 radical (unpaired) electrons. The summed E-state index contributed by atoms with van der Waals surface area (Å²) in [6.07, 6.45) is 3.23. The lowest BCUT2D eigenvalue weighted by molar-refractivity contribution is 0.0704. The van der Waals surface area contributed by atoms with E-state index in [2.05, 4.69) is 15.0 Å². The third-order valence-electron chi connectivity index (χ3n) is 3.80. The summed E-state index contributed by atoms with van der Waals surface area (Å²) in [6, 6.07) is 1.47. The van der Waals surface area contributed by atoms with Crippen LogP contribution in [-0.4, -0.2) is 52.1 Å². The van der Waals surface area contributed by atoms with Gasteiger partial charge in [0.15, 0.2) is 6.39 Å². The van der Waals surface area contributed by atoms with Crippen LogP contribution in [0.4, 0.5) is 0 Å². The Labute approximate surface area is 132 Å². The minimum absolute atomic E-state index is 0.0685. The summed E-state index contributed by atoms with van der Waals surface area (Å²) < 4.78 is 10.8. The average Bonchev–Trinajstić information content (AvgIpc) is 2.81. The molecule has 2 aromatic heterocycles. The molecule has 8 nitrogen and oxygen atoms in total. The van der Waals surface area contributed by atoms with E-state index < -0.39 is 0 Å². The molecule has 1 atom stereocenters. The van der Waals surface area contributed by atoms with E-state index in [1.165, 1.54) is 18.8 Å². The van der Waals surface area contributed by atoms with Crippen molar-refractivity contribution in [2.24, 2.45) is 5.92 Å². The van der Waals surface area contributed by atoms with E-state index in [9.17, 15) is 9.59 Å². The highest BCUT2D eigenvalue weighted by atomic mass is 16.5. The van der Waals surface area contributed by atoms with Gasteiger partial charge in [-0.15, -0.1) is 0 Å². The summed E-state index contributed by atoms with van der Waals surface area (Å²) in [5.74, 6) is 0.147. The summed E-state index contributed by atoms with van der Waals surface area (Å²) in [5.41, 5.74) is 1.08. The first kappa shape index (κ1) is 15.4. The van der Waals surface area contributed by atoms with E-state index in [1.807, 2.05) is 0 Å². The lowest BCUT2D eigenvalue weighted by Gasteiger charge is -2.22. The number of nitrogens with zero attached hydrogens (tertiary/aromatic N) is 3. The van der Waals surface area contributed by atoms with Crippen LogP contribution in [0.3, 0.4) is 0 Å². The van der Waals surface area contributed by atoms with Gasteiger partial charge in [-0.2, -0.15) is 0 Å². The minimum atomic E-state index is -0.186. The van der Waals surface area contributed by atoms with E-state index >= 15 is 0 Å². The number of rotatable bonds is 3. The van der Waals surface area contributed by atoms with Crippen LogP contribution in [0.1, 0.15) is 21.9 Å². The molecule has 0 saturated carbocycles. The number of aryl methyl sites for hydroxylation is 1. The molecule has 2 aromatic rings. The van der Waals surface area contributed by atoms with E-state index in [4.69, 9.17) is 9.15 Å². The largest absolute Gasteiger partial charge is 0.438 e. The number of hydrogen-bond acceptors (Lipinski definition) is 6. The Hall–Kier alpha value is -2.48. The number of amides is 1. The molecule has 3 rings (SSSR count). The molecule has 0 aromatic carbocycles. The zero-order chi connectivity index (χ0) is 16.2. The van der Waals surface area contributed by atoms with Gasteiger partial charge in [0.1, 0.15) is 0 Å². The van der Waals surface area contributed by atoms with Crippen LogP contribution >= 0.6 is 0 Å². The number of aromatic nitrogens is 3. The Balaban J connectivity index is 1.72. The highest BCUT2D eigenvalue weighted by molar-refractivity contribution is 5.92. The highest BCUT2D eigenvalue weighted by Gasteiger charge is 2.27. The Morgan fingerprint density at radius 2 is 2.35 bits per heavy atom. The number of nitrogens with one attached hydrogen (secondary N) is 1. The fourth-order valence-electron chi connectivity index (χ4n) is 2.66. The van der Waals surface area contributed by atoms with Crippen molar-refractivity contribution in [3.63, 3.8) is 0 Å². The maximum Gasteiger partial charge on any atom is 0.291 e. The molecule has 3 heterocycles. The number of oxazole rings is 1. The molecule has 1 amide bonds. The fourth-order valence-corrected chi connectivity index (χ4v) is 2.66. The number of aromatic amines is 1. The molecule has 122 valence electrons. The van der Waals surface area contributed by atoms with Crippen molar-refractivity contribution in [3.8, 4) is 0 Å². The van der Waals surface area contributed by atoms with Gasteiger partial charge in [-0.1, -0.05) is 0 Å². The van der Waals surface area contributed by atoms with Crippen LogP contribution < -0.4 is 5.56 Å². The van der Waals surface area contributed by atoms with Gasteiger partial charge in [0, 0.05) is 30.8 Å². The lowest BCUT2D eigenvalue weighted by atomic mass is 10.0. The molecule has 1 saturated heterocycles. The van der Waals surface area contributed by atoms with Gasteiger partial charge >= 0.3 is 0 Å². The molecule has 1 aliphatic heterocycles. The predicted octanol–water partition coefficient (Wildman–Crippen LogP) is 0.398. The van der Waals surface area contributed by atoms with Crippen LogP contribution in [0.25, 0.3) is 0 Å². The van der Waals surface area contributed by atoms with Crippen LogP contribution in [0, 0.1) is 12.8 Å². The SMILES string of the molecule is Cc1ncoc1C(=O)N1CCOCC(Cc2cc(=O)[nH]cn2)C1. The first-order valence-corrected chi connectivity index (χ1v) is 7.44. The van der Waals surface area contributed by atoms with Crippen molar-refractivity contribution in [2.45, 2.75) is 13.3 Å². The average molecular weight is 318 g/mol. The van der Waals surface area contributed by atoms with E-state index in [0.717, 1.165) is 0 Å². The van der Waals surface area contributed by atoms with Crippen LogP contribution in [-0.2, 0) is 11.2 Å². The lowest BCUT2D eigenvalue weighted by Crippen LogP contribution is -2.36. The monoisotopic (exact) mass is 318 g/mol. The van der Waals surface area contributed by atoms with E-state index in [0.29, 0.717) is 44.1 Å². The second-order valence-electron chi connectivity index (χ2n) is 5.57. The van der Waals surface area contributed by atoms with Crippen LogP contribution in [0.2, 0.25) is 0 Å². The molecular formula is C15H18N4O4. The maximum atomic E-state index is 12.6. The molecule has 0 aliphatic carbocycles. The molecule has 1 aliphatic rings. The van der Waals surface area contributed by atoms with Crippen molar-refractivity contribution in [1.29, 1.82) is 0 Å². The van der Waals surface area contributed by atoms with Gasteiger partial charge < -0.3 is 19.0 Å². The summed E-state index contributed by atoms with van der Waals surface area (Å²) >= 11 is 0. The third kappa shape index (κ3) is 3.65. The fraction of sp³-hybridized carbons (Fsp3) is 0.467. The number of carbonyl (C=O) groups is 1. The van der Waals surface area contributed by atoms with Crippen molar-refractivity contribution in [2.75, 3.05) is 26.3 Å². The van der Waals surface area contributed by atoms with E-state index in [1.54, 1.807) is 11.8 Å². The van der Waals surface area contributed by atoms with Gasteiger partial charge in [-0.05, 0) is 13.3 Å². The minimum Gasteiger partial charge on any atom is -0.438 e. The predicted molar refractivity (Wildman–Crippen MR) is 80.0 cm³/mol. The number of ether oxygens (including phenoxy) is 1. The molecule has 23 heavy (non-hydrogen) atoms. The Bertz CT molecular complexity index is 739. The standard InChI is InChI=1S/C15H18N4O4/c1-10-14(23-9-18-10)15(21)19-2-3-22-7-11(6-19)4-12-5-13(20)17-8-16-12/h5,8-9,11H,2-4,6-7H2,1H3,(H,16,17,20). The zero-order valence-corrected chi connectivity index (χ0v) is 12.8. The van der Waals surface area contributed by atoms with Gasteiger partial charge in [0.2, 0.25) is 5.76 Å². The van der Waals surface area contributed by atoms with Crippen molar-refractivity contribution in [3.05, 3.63) is 46.3 Å². The molecule has 1 fully saturated rings. The van der Waals surface area contributed by atoms with Crippen LogP contribution in [0.5, 0.6) is 0 Å².